The molecule has 168 valence electrons. The first-order valence-electron chi connectivity index (χ1n) is 11.6. The maximum absolute atomic E-state index is 5.20. The third-order valence-electron chi connectivity index (χ3n) is 5.35. The van der Waals surface area contributed by atoms with Crippen LogP contribution >= 0.6 is 0 Å². The number of piperidine rings is 1. The summed E-state index contributed by atoms with van der Waals surface area (Å²) in [5.74, 6) is 1.33. The monoisotopic (exact) mass is 421 g/mol. The molecule has 0 radical (unpaired) electrons. The van der Waals surface area contributed by atoms with Crippen molar-refractivity contribution in [3.8, 4) is 0 Å². The van der Waals surface area contributed by atoms with Crippen molar-refractivity contribution in [3.63, 3.8) is 0 Å². The summed E-state index contributed by atoms with van der Waals surface area (Å²) in [7, 11) is 1.65. The molecule has 4 rings (SSSR count). The molecule has 0 unspecified atom stereocenters. The van der Waals surface area contributed by atoms with Crippen LogP contribution in [0.15, 0.2) is 55.4 Å². The van der Waals surface area contributed by atoms with Gasteiger partial charge in [-0.3, -0.25) is 0 Å². The summed E-state index contributed by atoms with van der Waals surface area (Å²) in [5, 5.41) is 4.75. The molecule has 31 heavy (non-hydrogen) atoms. The lowest BCUT2D eigenvalue weighted by atomic mass is 9.89. The van der Waals surface area contributed by atoms with Gasteiger partial charge in [0.2, 0.25) is 0 Å². The highest BCUT2D eigenvalue weighted by Crippen LogP contribution is 2.31. The van der Waals surface area contributed by atoms with E-state index in [1.165, 1.54) is 35.8 Å². The van der Waals surface area contributed by atoms with Crippen molar-refractivity contribution in [2.75, 3.05) is 20.2 Å². The first-order valence-corrected chi connectivity index (χ1v) is 11.6. The largest absolute Gasteiger partial charge is 0.497 e. The molecule has 0 saturated carbocycles. The number of ether oxygens (including phenoxy) is 1. The summed E-state index contributed by atoms with van der Waals surface area (Å²) < 4.78 is 7.43. The number of methoxy groups -OCH3 is 1. The lowest BCUT2D eigenvalue weighted by Gasteiger charge is -2.23. The van der Waals surface area contributed by atoms with Crippen LogP contribution in [-0.4, -0.2) is 29.8 Å². The van der Waals surface area contributed by atoms with Crippen molar-refractivity contribution < 1.29 is 4.74 Å². The van der Waals surface area contributed by atoms with Crippen LogP contribution in [0.2, 0.25) is 0 Å². The molecule has 1 fully saturated rings. The zero-order valence-corrected chi connectivity index (χ0v) is 19.9. The highest BCUT2D eigenvalue weighted by Gasteiger charge is 2.18. The molecule has 0 atom stereocenters. The molecule has 3 heterocycles. The van der Waals surface area contributed by atoms with Gasteiger partial charge in [-0.2, -0.15) is 0 Å². The van der Waals surface area contributed by atoms with Crippen molar-refractivity contribution in [1.29, 1.82) is 0 Å². The Morgan fingerprint density at radius 1 is 1.10 bits per heavy atom. The maximum atomic E-state index is 5.20. The number of hydrogen-bond acceptors (Lipinski definition) is 3. The fourth-order valence-electron chi connectivity index (χ4n) is 3.84. The third-order valence-corrected chi connectivity index (χ3v) is 5.35. The molecule has 1 aliphatic rings. The molecule has 0 amide bonds. The van der Waals surface area contributed by atoms with Crippen molar-refractivity contribution in [2.24, 2.45) is 0 Å². The Kier molecular flexibility index (Phi) is 10.3. The van der Waals surface area contributed by atoms with Gasteiger partial charge in [0, 0.05) is 29.9 Å². The zero-order valence-electron chi connectivity index (χ0n) is 19.9. The van der Waals surface area contributed by atoms with Gasteiger partial charge < -0.3 is 14.6 Å². The van der Waals surface area contributed by atoms with Crippen LogP contribution in [0.3, 0.4) is 0 Å². The predicted molar refractivity (Wildman–Crippen MR) is 133 cm³/mol. The van der Waals surface area contributed by atoms with Gasteiger partial charge in [0.25, 0.3) is 0 Å². The molecule has 0 spiro atoms. The zero-order chi connectivity index (χ0) is 22.6. The number of fused-ring (bicyclic) bond motifs is 1. The average Bonchev–Trinajstić information content (AvgIpc) is 3.24. The summed E-state index contributed by atoms with van der Waals surface area (Å²) in [6.45, 7) is 15.2. The standard InChI is InChI=1S/C22H25N3O.C3H8.C2H6/c1-16(26-2)18-5-3-17(4-6-18)15-25-14-10-21-20(9-13-24-22(21)25)19-7-11-23-12-8-19;1-3-2;1-2/h3-6,9-10,13-14,19,23H,1,7-8,11-12,15H2,2H3;3H2,1-2H3;1-2H3. The molecule has 4 heteroatoms. The van der Waals surface area contributed by atoms with Crippen LogP contribution in [0.25, 0.3) is 16.8 Å². The number of rotatable bonds is 5. The van der Waals surface area contributed by atoms with Gasteiger partial charge in [0.05, 0.1) is 7.11 Å². The highest BCUT2D eigenvalue weighted by molar-refractivity contribution is 5.80. The van der Waals surface area contributed by atoms with Crippen LogP contribution in [0, 0.1) is 0 Å². The van der Waals surface area contributed by atoms with Crippen LogP contribution in [0.4, 0.5) is 0 Å². The molecule has 1 aliphatic heterocycles. The minimum Gasteiger partial charge on any atom is -0.497 e. The SMILES string of the molecule is C=C(OC)c1ccc(Cn2ccc3c(C4CCNCC4)ccnc32)cc1.CC.CCC. The van der Waals surface area contributed by atoms with Crippen molar-refractivity contribution >= 4 is 16.8 Å². The smallest absolute Gasteiger partial charge is 0.140 e. The van der Waals surface area contributed by atoms with E-state index in [0.717, 1.165) is 30.8 Å². The fraction of sp³-hybridized carbons (Fsp3) is 0.444. The summed E-state index contributed by atoms with van der Waals surface area (Å²) in [6.07, 6.45) is 7.77. The molecule has 0 aliphatic carbocycles. The van der Waals surface area contributed by atoms with E-state index in [-0.39, 0.29) is 0 Å². The number of pyridine rings is 1. The maximum Gasteiger partial charge on any atom is 0.140 e. The topological polar surface area (TPSA) is 39.1 Å². The quantitative estimate of drug-likeness (QED) is 0.471. The Bertz CT molecular complexity index is 921. The third kappa shape index (κ3) is 6.44. The Morgan fingerprint density at radius 3 is 2.35 bits per heavy atom. The molecule has 0 bridgehead atoms. The molecular weight excluding hydrogens is 382 g/mol. The van der Waals surface area contributed by atoms with E-state index in [9.17, 15) is 0 Å². The highest BCUT2D eigenvalue weighted by atomic mass is 16.5. The Balaban J connectivity index is 0.000000630. The van der Waals surface area contributed by atoms with E-state index >= 15 is 0 Å². The van der Waals surface area contributed by atoms with Gasteiger partial charge >= 0.3 is 0 Å². The van der Waals surface area contributed by atoms with E-state index in [0.29, 0.717) is 11.7 Å². The fourth-order valence-corrected chi connectivity index (χ4v) is 3.84. The number of aromatic nitrogens is 2. The molecule has 3 aromatic rings. The minimum absolute atomic E-state index is 0.636. The van der Waals surface area contributed by atoms with Gasteiger partial charge in [0.15, 0.2) is 0 Å². The van der Waals surface area contributed by atoms with Crippen molar-refractivity contribution in [2.45, 2.75) is 59.4 Å². The number of hydrogen-bond donors (Lipinski definition) is 1. The van der Waals surface area contributed by atoms with Gasteiger partial charge in [-0.1, -0.05) is 65.0 Å². The molecule has 4 nitrogen and oxygen atoms in total. The molecule has 1 N–H and O–H groups in total. The van der Waals surface area contributed by atoms with Gasteiger partial charge in [-0.15, -0.1) is 0 Å². The van der Waals surface area contributed by atoms with E-state index in [1.54, 1.807) is 7.11 Å². The number of nitrogens with one attached hydrogen (secondary N) is 1. The minimum atomic E-state index is 0.636. The summed E-state index contributed by atoms with van der Waals surface area (Å²) in [6, 6.07) is 12.8. The van der Waals surface area contributed by atoms with Gasteiger partial charge in [0.1, 0.15) is 11.4 Å². The van der Waals surface area contributed by atoms with Crippen LogP contribution in [0.1, 0.15) is 69.6 Å². The van der Waals surface area contributed by atoms with E-state index in [4.69, 9.17) is 4.74 Å². The number of nitrogens with zero attached hydrogens (tertiary/aromatic N) is 2. The second kappa shape index (κ2) is 13.0. The Morgan fingerprint density at radius 2 is 1.74 bits per heavy atom. The molecule has 2 aromatic heterocycles. The summed E-state index contributed by atoms with van der Waals surface area (Å²) in [5.41, 5.74) is 4.78. The van der Waals surface area contributed by atoms with E-state index < -0.39 is 0 Å². The lowest BCUT2D eigenvalue weighted by Crippen LogP contribution is -2.26. The predicted octanol–water partition coefficient (Wildman–Crippen LogP) is 6.61. The first-order chi connectivity index (χ1) is 15.2. The molecule has 1 aromatic carbocycles. The normalized spacial score (nSPS) is 13.6. The van der Waals surface area contributed by atoms with Crippen LogP contribution in [0.5, 0.6) is 0 Å². The van der Waals surface area contributed by atoms with E-state index in [1.807, 2.05) is 20.0 Å². The Labute approximate surface area is 188 Å². The van der Waals surface area contributed by atoms with Crippen molar-refractivity contribution in [3.05, 3.63) is 72.1 Å². The second-order valence-electron chi connectivity index (χ2n) is 7.64. The number of benzene rings is 1. The van der Waals surface area contributed by atoms with E-state index in [2.05, 4.69) is 77.9 Å². The Hall–Kier alpha value is -2.59. The van der Waals surface area contributed by atoms with Crippen LogP contribution in [-0.2, 0) is 11.3 Å². The average molecular weight is 422 g/mol. The summed E-state index contributed by atoms with van der Waals surface area (Å²) in [4.78, 5) is 4.67. The summed E-state index contributed by atoms with van der Waals surface area (Å²) >= 11 is 0. The lowest BCUT2D eigenvalue weighted by molar-refractivity contribution is 0.371. The van der Waals surface area contributed by atoms with Gasteiger partial charge in [-0.05, 0) is 55.1 Å². The van der Waals surface area contributed by atoms with Crippen molar-refractivity contribution in [1.82, 2.24) is 14.9 Å². The molecular formula is C27H39N3O. The van der Waals surface area contributed by atoms with Crippen LogP contribution < -0.4 is 5.32 Å². The van der Waals surface area contributed by atoms with Gasteiger partial charge in [-0.25, -0.2) is 4.98 Å². The second-order valence-corrected chi connectivity index (χ2v) is 7.64. The molecule has 1 saturated heterocycles. The first kappa shape index (κ1) is 24.7.